The lowest BCUT2D eigenvalue weighted by Gasteiger charge is -2.13. The Morgan fingerprint density at radius 2 is 1.65 bits per heavy atom. The maximum absolute atomic E-state index is 12.2. The van der Waals surface area contributed by atoms with Crippen LogP contribution in [0.3, 0.4) is 0 Å². The Morgan fingerprint density at radius 1 is 1.00 bits per heavy atom. The minimum absolute atomic E-state index is 0.0280. The molecule has 2 aromatic rings. The first-order valence-corrected chi connectivity index (χ1v) is 7.17. The molecule has 3 amide bonds. The predicted molar refractivity (Wildman–Crippen MR) is 85.9 cm³/mol. The van der Waals surface area contributed by atoms with E-state index in [0.717, 1.165) is 4.90 Å². The Kier molecular flexibility index (Phi) is 3.80. The molecule has 0 bridgehead atoms. The number of imide groups is 1. The predicted octanol–water partition coefficient (Wildman–Crippen LogP) is 1.89. The fraction of sp³-hybridized carbons (Fsp3) is 0.118. The number of rotatable bonds is 4. The molecule has 0 fully saturated rings. The van der Waals surface area contributed by atoms with Crippen LogP contribution >= 0.6 is 0 Å². The fourth-order valence-corrected chi connectivity index (χ4v) is 2.50. The van der Waals surface area contributed by atoms with Crippen molar-refractivity contribution in [3.05, 3.63) is 59.7 Å². The van der Waals surface area contributed by atoms with E-state index < -0.39 is 0 Å². The van der Waals surface area contributed by atoms with E-state index in [4.69, 9.17) is 5.73 Å². The number of hydrogen-bond acceptors (Lipinski definition) is 4. The van der Waals surface area contributed by atoms with E-state index in [0.29, 0.717) is 22.5 Å². The largest absolute Gasteiger partial charge is 0.399 e. The molecule has 6 heteroatoms. The summed E-state index contributed by atoms with van der Waals surface area (Å²) in [6, 6.07) is 13.4. The summed E-state index contributed by atoms with van der Waals surface area (Å²) >= 11 is 0. The maximum Gasteiger partial charge on any atom is 0.261 e. The van der Waals surface area contributed by atoms with Crippen LogP contribution in [0.5, 0.6) is 0 Å². The highest BCUT2D eigenvalue weighted by molar-refractivity contribution is 6.21. The van der Waals surface area contributed by atoms with Gasteiger partial charge >= 0.3 is 0 Å². The lowest BCUT2D eigenvalue weighted by atomic mass is 10.1. The highest BCUT2D eigenvalue weighted by Gasteiger charge is 2.34. The number of carbonyl (C=O) groups excluding carboxylic acids is 3. The molecule has 0 saturated carbocycles. The number of nitrogens with two attached hydrogens (primary N) is 1. The van der Waals surface area contributed by atoms with Gasteiger partial charge in [0.15, 0.2) is 0 Å². The molecule has 6 nitrogen and oxygen atoms in total. The van der Waals surface area contributed by atoms with Gasteiger partial charge in [-0.15, -0.1) is 0 Å². The van der Waals surface area contributed by atoms with Crippen LogP contribution in [-0.2, 0) is 4.79 Å². The molecule has 0 aliphatic carbocycles. The molecule has 3 N–H and O–H groups in total. The smallest absolute Gasteiger partial charge is 0.261 e. The average Bonchev–Trinajstić information content (AvgIpc) is 2.77. The summed E-state index contributed by atoms with van der Waals surface area (Å²) in [7, 11) is 0. The molecule has 23 heavy (non-hydrogen) atoms. The van der Waals surface area contributed by atoms with Crippen molar-refractivity contribution in [3.63, 3.8) is 0 Å². The van der Waals surface area contributed by atoms with E-state index in [-0.39, 0.29) is 30.7 Å². The first kappa shape index (κ1) is 14.8. The van der Waals surface area contributed by atoms with Crippen molar-refractivity contribution in [2.75, 3.05) is 17.6 Å². The molecule has 0 spiro atoms. The van der Waals surface area contributed by atoms with Crippen LogP contribution in [0.4, 0.5) is 11.4 Å². The maximum atomic E-state index is 12.2. The molecular weight excluding hydrogens is 294 g/mol. The van der Waals surface area contributed by atoms with Gasteiger partial charge in [-0.1, -0.05) is 18.2 Å². The molecule has 0 aromatic heterocycles. The molecular formula is C17H15N3O3. The minimum Gasteiger partial charge on any atom is -0.399 e. The molecule has 1 aliphatic rings. The number of hydrogen-bond donors (Lipinski definition) is 2. The van der Waals surface area contributed by atoms with E-state index in [1.807, 2.05) is 0 Å². The number of amides is 3. The number of nitrogen functional groups attached to an aromatic ring is 1. The lowest BCUT2D eigenvalue weighted by Crippen LogP contribution is -2.32. The number of benzene rings is 2. The van der Waals surface area contributed by atoms with E-state index in [1.54, 1.807) is 48.5 Å². The molecule has 3 rings (SSSR count). The first-order chi connectivity index (χ1) is 11.1. The quantitative estimate of drug-likeness (QED) is 0.666. The number of carbonyl (C=O) groups is 3. The zero-order valence-electron chi connectivity index (χ0n) is 12.3. The average molecular weight is 309 g/mol. The third kappa shape index (κ3) is 2.91. The zero-order chi connectivity index (χ0) is 16.4. The van der Waals surface area contributed by atoms with Crippen LogP contribution in [0.25, 0.3) is 0 Å². The Bertz CT molecular complexity index is 766. The van der Waals surface area contributed by atoms with E-state index in [1.165, 1.54) is 0 Å². The summed E-state index contributed by atoms with van der Waals surface area (Å²) in [5.41, 5.74) is 7.54. The molecule has 116 valence electrons. The zero-order valence-corrected chi connectivity index (χ0v) is 12.3. The summed E-state index contributed by atoms with van der Waals surface area (Å²) in [4.78, 5) is 37.4. The van der Waals surface area contributed by atoms with Crippen molar-refractivity contribution in [2.45, 2.75) is 6.42 Å². The van der Waals surface area contributed by atoms with Crippen molar-refractivity contribution in [3.8, 4) is 0 Å². The van der Waals surface area contributed by atoms with E-state index >= 15 is 0 Å². The van der Waals surface area contributed by atoms with Gasteiger partial charge in [0.05, 0.1) is 11.1 Å². The normalized spacial score (nSPS) is 13.1. The number of nitrogens with zero attached hydrogens (tertiary/aromatic N) is 1. The van der Waals surface area contributed by atoms with Gasteiger partial charge in [-0.3, -0.25) is 19.3 Å². The monoisotopic (exact) mass is 309 g/mol. The molecule has 0 atom stereocenters. The van der Waals surface area contributed by atoms with E-state index in [2.05, 4.69) is 5.32 Å². The highest BCUT2D eigenvalue weighted by Crippen LogP contribution is 2.22. The summed E-state index contributed by atoms with van der Waals surface area (Å²) in [5, 5.41) is 2.69. The van der Waals surface area contributed by atoms with Crippen molar-refractivity contribution < 1.29 is 14.4 Å². The van der Waals surface area contributed by atoms with Gasteiger partial charge in [-0.25, -0.2) is 0 Å². The van der Waals surface area contributed by atoms with Crippen LogP contribution in [0.2, 0.25) is 0 Å². The van der Waals surface area contributed by atoms with Gasteiger partial charge in [-0.2, -0.15) is 0 Å². The Labute approximate surface area is 132 Å². The minimum atomic E-state index is -0.359. The molecule has 0 saturated heterocycles. The van der Waals surface area contributed by atoms with Gasteiger partial charge in [-0.05, 0) is 30.3 Å². The van der Waals surface area contributed by atoms with Crippen molar-refractivity contribution in [2.24, 2.45) is 0 Å². The summed E-state index contributed by atoms with van der Waals surface area (Å²) in [5.74, 6) is -1.00. The molecule has 1 heterocycles. The van der Waals surface area contributed by atoms with Crippen LogP contribution < -0.4 is 11.1 Å². The summed E-state index contributed by atoms with van der Waals surface area (Å²) in [6.07, 6.45) is 0.0280. The lowest BCUT2D eigenvalue weighted by molar-refractivity contribution is -0.116. The third-order valence-corrected chi connectivity index (χ3v) is 3.61. The van der Waals surface area contributed by atoms with Crippen molar-refractivity contribution in [1.82, 2.24) is 4.90 Å². The number of fused-ring (bicyclic) bond motifs is 1. The standard InChI is InChI=1S/C17H15N3O3/c18-11-4-3-5-12(10-11)19-15(21)8-9-20-16(22)13-6-1-2-7-14(13)17(20)23/h1-7,10H,8-9,18H2,(H,19,21). The van der Waals surface area contributed by atoms with Gasteiger partial charge < -0.3 is 11.1 Å². The van der Waals surface area contributed by atoms with Gasteiger partial charge in [0.25, 0.3) is 11.8 Å². The first-order valence-electron chi connectivity index (χ1n) is 7.17. The highest BCUT2D eigenvalue weighted by atomic mass is 16.2. The van der Waals surface area contributed by atoms with Gasteiger partial charge in [0, 0.05) is 24.3 Å². The van der Waals surface area contributed by atoms with Crippen LogP contribution in [-0.4, -0.2) is 29.2 Å². The number of nitrogens with one attached hydrogen (secondary N) is 1. The van der Waals surface area contributed by atoms with Crippen molar-refractivity contribution in [1.29, 1.82) is 0 Å². The second-order valence-corrected chi connectivity index (χ2v) is 5.23. The second-order valence-electron chi connectivity index (χ2n) is 5.23. The Balaban J connectivity index is 1.62. The van der Waals surface area contributed by atoms with Gasteiger partial charge in [0.2, 0.25) is 5.91 Å². The topological polar surface area (TPSA) is 92.5 Å². The second kappa shape index (κ2) is 5.92. The SMILES string of the molecule is Nc1cccc(NC(=O)CCN2C(=O)c3ccccc3C2=O)c1. The van der Waals surface area contributed by atoms with Gasteiger partial charge in [0.1, 0.15) is 0 Å². The number of anilines is 2. The Hall–Kier alpha value is -3.15. The fourth-order valence-electron chi connectivity index (χ4n) is 2.50. The van der Waals surface area contributed by atoms with Crippen molar-refractivity contribution >= 4 is 29.1 Å². The van der Waals surface area contributed by atoms with Crippen LogP contribution in [0, 0.1) is 0 Å². The molecule has 2 aromatic carbocycles. The van der Waals surface area contributed by atoms with E-state index in [9.17, 15) is 14.4 Å². The van der Waals surface area contributed by atoms with Crippen LogP contribution in [0.1, 0.15) is 27.1 Å². The Morgan fingerprint density at radius 3 is 2.26 bits per heavy atom. The summed E-state index contributed by atoms with van der Waals surface area (Å²) < 4.78 is 0. The summed E-state index contributed by atoms with van der Waals surface area (Å²) in [6.45, 7) is 0.0422. The molecule has 1 aliphatic heterocycles. The molecule has 0 radical (unpaired) electrons. The van der Waals surface area contributed by atoms with Crippen LogP contribution in [0.15, 0.2) is 48.5 Å². The third-order valence-electron chi connectivity index (χ3n) is 3.61. The molecule has 0 unspecified atom stereocenters.